The summed E-state index contributed by atoms with van der Waals surface area (Å²) >= 11 is 1.18. The summed E-state index contributed by atoms with van der Waals surface area (Å²) in [4.78, 5) is 30.8. The third-order valence-corrected chi connectivity index (χ3v) is 5.24. The number of nitrogens with zero attached hydrogens (tertiary/aromatic N) is 2. The van der Waals surface area contributed by atoms with Crippen molar-refractivity contribution in [3.05, 3.63) is 41.2 Å². The summed E-state index contributed by atoms with van der Waals surface area (Å²) in [6.07, 6.45) is 2.69. The summed E-state index contributed by atoms with van der Waals surface area (Å²) in [5.74, 6) is -0.804. The standard InChI is InChI=1S/C18H19FN2O3S/c1-2-24-18(23)12-7-9-21(10-8-12)17(22)15-11-20-16(25-15)13-5-3-4-6-14(13)19/h3-6,11-12H,2,7-10H2,1H3. The van der Waals surface area contributed by atoms with Crippen molar-refractivity contribution >= 4 is 23.2 Å². The van der Waals surface area contributed by atoms with Gasteiger partial charge in [-0.15, -0.1) is 11.3 Å². The smallest absolute Gasteiger partial charge is 0.309 e. The highest BCUT2D eigenvalue weighted by atomic mass is 32.1. The third-order valence-electron chi connectivity index (χ3n) is 4.22. The van der Waals surface area contributed by atoms with E-state index in [-0.39, 0.29) is 23.6 Å². The molecule has 0 spiro atoms. The van der Waals surface area contributed by atoms with E-state index in [1.165, 1.54) is 23.6 Å². The predicted molar refractivity (Wildman–Crippen MR) is 92.8 cm³/mol. The molecule has 1 amide bonds. The molecule has 0 N–H and O–H groups in total. The maximum atomic E-state index is 13.8. The Morgan fingerprint density at radius 3 is 2.72 bits per heavy atom. The van der Waals surface area contributed by atoms with Crippen LogP contribution in [0.3, 0.4) is 0 Å². The van der Waals surface area contributed by atoms with Crippen LogP contribution in [-0.4, -0.2) is 41.5 Å². The molecule has 0 bridgehead atoms. The number of likely N-dealkylation sites (tertiary alicyclic amines) is 1. The molecule has 1 aromatic carbocycles. The number of carbonyl (C=O) groups is 2. The second kappa shape index (κ2) is 7.74. The first-order valence-electron chi connectivity index (χ1n) is 8.26. The molecule has 25 heavy (non-hydrogen) atoms. The van der Waals surface area contributed by atoms with Crippen LogP contribution in [0.4, 0.5) is 4.39 Å². The first-order valence-corrected chi connectivity index (χ1v) is 9.08. The van der Waals surface area contributed by atoms with Gasteiger partial charge in [-0.2, -0.15) is 0 Å². The number of halogens is 1. The van der Waals surface area contributed by atoms with Crippen LogP contribution in [0.25, 0.3) is 10.6 Å². The van der Waals surface area contributed by atoms with Gasteiger partial charge in [-0.25, -0.2) is 9.37 Å². The Bertz CT molecular complexity index is 769. The first kappa shape index (κ1) is 17.5. The molecular weight excluding hydrogens is 343 g/mol. The Morgan fingerprint density at radius 2 is 2.04 bits per heavy atom. The van der Waals surface area contributed by atoms with Crippen LogP contribution in [0.1, 0.15) is 29.4 Å². The number of piperidine rings is 1. The van der Waals surface area contributed by atoms with E-state index < -0.39 is 0 Å². The summed E-state index contributed by atoms with van der Waals surface area (Å²) in [5.41, 5.74) is 0.396. The van der Waals surface area contributed by atoms with E-state index >= 15 is 0 Å². The van der Waals surface area contributed by atoms with Gasteiger partial charge in [0.05, 0.1) is 18.7 Å². The van der Waals surface area contributed by atoms with Crippen LogP contribution in [0.2, 0.25) is 0 Å². The fourth-order valence-electron chi connectivity index (χ4n) is 2.87. The van der Waals surface area contributed by atoms with E-state index in [4.69, 9.17) is 4.74 Å². The topological polar surface area (TPSA) is 59.5 Å². The number of carbonyl (C=O) groups excluding carboxylic acids is 2. The van der Waals surface area contributed by atoms with Gasteiger partial charge in [-0.05, 0) is 31.9 Å². The van der Waals surface area contributed by atoms with Gasteiger partial charge in [-0.1, -0.05) is 12.1 Å². The first-order chi connectivity index (χ1) is 12.1. The lowest BCUT2D eigenvalue weighted by Crippen LogP contribution is -2.40. The molecule has 0 saturated carbocycles. The Balaban J connectivity index is 1.65. The zero-order valence-corrected chi connectivity index (χ0v) is 14.7. The second-order valence-corrected chi connectivity index (χ2v) is 6.86. The molecule has 1 aromatic heterocycles. The predicted octanol–water partition coefficient (Wildman–Crippen LogP) is 3.36. The highest BCUT2D eigenvalue weighted by Gasteiger charge is 2.29. The van der Waals surface area contributed by atoms with Crippen LogP contribution in [0.15, 0.2) is 30.5 Å². The zero-order chi connectivity index (χ0) is 17.8. The second-order valence-electron chi connectivity index (χ2n) is 5.83. The molecule has 1 saturated heterocycles. The highest BCUT2D eigenvalue weighted by molar-refractivity contribution is 7.16. The van der Waals surface area contributed by atoms with E-state index in [1.807, 2.05) is 0 Å². The SMILES string of the molecule is CCOC(=O)C1CCN(C(=O)c2cnc(-c3ccccc3F)s2)CC1. The van der Waals surface area contributed by atoms with E-state index in [9.17, 15) is 14.0 Å². The molecule has 2 heterocycles. The molecule has 5 nitrogen and oxygen atoms in total. The van der Waals surface area contributed by atoms with E-state index in [0.29, 0.717) is 48.0 Å². The molecule has 1 aliphatic heterocycles. The van der Waals surface area contributed by atoms with Gasteiger partial charge in [0.15, 0.2) is 0 Å². The molecule has 2 aromatic rings. The highest BCUT2D eigenvalue weighted by Crippen LogP contribution is 2.29. The van der Waals surface area contributed by atoms with Crippen molar-refractivity contribution in [3.8, 4) is 10.6 Å². The molecule has 0 radical (unpaired) electrons. The number of ether oxygens (including phenoxy) is 1. The molecular formula is C18H19FN2O3S. The Kier molecular flexibility index (Phi) is 5.43. The third kappa shape index (κ3) is 3.87. The van der Waals surface area contributed by atoms with Crippen LogP contribution in [0, 0.1) is 11.7 Å². The summed E-state index contributed by atoms with van der Waals surface area (Å²) in [7, 11) is 0. The van der Waals surface area contributed by atoms with E-state index in [1.54, 1.807) is 30.0 Å². The minimum atomic E-state index is -0.355. The van der Waals surface area contributed by atoms with Crippen molar-refractivity contribution < 1.29 is 18.7 Å². The van der Waals surface area contributed by atoms with Crippen molar-refractivity contribution in [2.75, 3.05) is 19.7 Å². The van der Waals surface area contributed by atoms with Gasteiger partial charge in [-0.3, -0.25) is 9.59 Å². The van der Waals surface area contributed by atoms with Gasteiger partial charge < -0.3 is 9.64 Å². The maximum absolute atomic E-state index is 13.8. The number of aromatic nitrogens is 1. The average Bonchev–Trinajstić information content (AvgIpc) is 3.11. The monoisotopic (exact) mass is 362 g/mol. The van der Waals surface area contributed by atoms with Crippen LogP contribution >= 0.6 is 11.3 Å². The number of hydrogen-bond acceptors (Lipinski definition) is 5. The quantitative estimate of drug-likeness (QED) is 0.783. The molecule has 132 valence electrons. The molecule has 0 unspecified atom stereocenters. The summed E-state index contributed by atoms with van der Waals surface area (Å²) in [6.45, 7) is 3.18. The fourth-order valence-corrected chi connectivity index (χ4v) is 3.78. The van der Waals surface area contributed by atoms with E-state index in [2.05, 4.69) is 4.98 Å². The van der Waals surface area contributed by atoms with E-state index in [0.717, 1.165) is 0 Å². The maximum Gasteiger partial charge on any atom is 0.309 e. The molecule has 1 aliphatic rings. The molecule has 0 aliphatic carbocycles. The number of esters is 1. The molecule has 1 fully saturated rings. The number of benzene rings is 1. The average molecular weight is 362 g/mol. The van der Waals surface area contributed by atoms with Gasteiger partial charge in [0, 0.05) is 18.7 Å². The minimum absolute atomic E-state index is 0.123. The van der Waals surface area contributed by atoms with Crippen molar-refractivity contribution in [3.63, 3.8) is 0 Å². The summed E-state index contributed by atoms with van der Waals surface area (Å²) in [6, 6.07) is 6.37. The Hall–Kier alpha value is -2.28. The normalized spacial score (nSPS) is 15.2. The van der Waals surface area contributed by atoms with Crippen molar-refractivity contribution in [2.24, 2.45) is 5.92 Å². The number of hydrogen-bond donors (Lipinski definition) is 0. The lowest BCUT2D eigenvalue weighted by Gasteiger charge is -2.30. The van der Waals surface area contributed by atoms with Gasteiger partial charge >= 0.3 is 5.97 Å². The fraction of sp³-hybridized carbons (Fsp3) is 0.389. The zero-order valence-electron chi connectivity index (χ0n) is 13.9. The summed E-state index contributed by atoms with van der Waals surface area (Å²) < 4.78 is 18.9. The van der Waals surface area contributed by atoms with Crippen molar-refractivity contribution in [1.29, 1.82) is 0 Å². The van der Waals surface area contributed by atoms with Crippen molar-refractivity contribution in [2.45, 2.75) is 19.8 Å². The minimum Gasteiger partial charge on any atom is -0.466 e. The number of rotatable bonds is 4. The number of thiazole rings is 1. The lowest BCUT2D eigenvalue weighted by molar-refractivity contribution is -0.149. The molecule has 7 heteroatoms. The Labute approximate surface area is 149 Å². The largest absolute Gasteiger partial charge is 0.466 e. The van der Waals surface area contributed by atoms with Crippen LogP contribution < -0.4 is 0 Å². The summed E-state index contributed by atoms with van der Waals surface area (Å²) in [5, 5.41) is 0.489. The van der Waals surface area contributed by atoms with Gasteiger partial charge in [0.2, 0.25) is 0 Å². The number of amides is 1. The Morgan fingerprint density at radius 1 is 1.32 bits per heavy atom. The van der Waals surface area contributed by atoms with Crippen LogP contribution in [-0.2, 0) is 9.53 Å². The molecule has 3 rings (SSSR count). The van der Waals surface area contributed by atoms with Gasteiger partial charge in [0.1, 0.15) is 15.7 Å². The van der Waals surface area contributed by atoms with Gasteiger partial charge in [0.25, 0.3) is 5.91 Å². The van der Waals surface area contributed by atoms with Crippen molar-refractivity contribution in [1.82, 2.24) is 9.88 Å². The molecule has 0 atom stereocenters. The van der Waals surface area contributed by atoms with Crippen LogP contribution in [0.5, 0.6) is 0 Å². The lowest BCUT2D eigenvalue weighted by atomic mass is 9.97.